The van der Waals surface area contributed by atoms with Gasteiger partial charge in [-0.3, -0.25) is 4.90 Å². The predicted octanol–water partition coefficient (Wildman–Crippen LogP) is 4.19. The number of nitrogens with zero attached hydrogens (tertiary/aromatic N) is 1. The summed E-state index contributed by atoms with van der Waals surface area (Å²) in [5, 5.41) is -0.675. The third kappa shape index (κ3) is 3.66. The van der Waals surface area contributed by atoms with Gasteiger partial charge in [-0.05, 0) is 43.4 Å². The van der Waals surface area contributed by atoms with Crippen molar-refractivity contribution in [1.29, 1.82) is 0 Å². The number of halogens is 1. The number of hydrogen-bond acceptors (Lipinski definition) is 1. The van der Waals surface area contributed by atoms with E-state index in [-0.39, 0.29) is 6.04 Å². The Morgan fingerprint density at radius 1 is 1.05 bits per heavy atom. The van der Waals surface area contributed by atoms with Gasteiger partial charge in [0.25, 0.3) is 5.24 Å². The third-order valence-electron chi connectivity index (χ3n) is 2.81. The van der Waals surface area contributed by atoms with Gasteiger partial charge in [-0.2, -0.15) is 4.39 Å². The fraction of sp³-hybridized carbons (Fsp3) is 0.118. The molecule has 0 aliphatic heterocycles. The summed E-state index contributed by atoms with van der Waals surface area (Å²) in [6.07, 6.45) is 0. The second-order valence-corrected chi connectivity index (χ2v) is 4.61. The molecular formula is C17H14FNS. The van der Waals surface area contributed by atoms with E-state index in [9.17, 15) is 4.39 Å². The molecule has 0 N–H and O–H groups in total. The Kier molecular flexibility index (Phi) is 4.86. The Hall–Kier alpha value is -2.18. The molecule has 0 saturated heterocycles. The maximum Gasteiger partial charge on any atom is 0.261 e. The summed E-state index contributed by atoms with van der Waals surface area (Å²) in [5.41, 5.74) is 1.60. The van der Waals surface area contributed by atoms with Crippen LogP contribution in [0.2, 0.25) is 0 Å². The van der Waals surface area contributed by atoms with Gasteiger partial charge in [0.05, 0.1) is 6.04 Å². The highest BCUT2D eigenvalue weighted by Crippen LogP contribution is 2.17. The van der Waals surface area contributed by atoms with Crippen LogP contribution in [0.3, 0.4) is 0 Å². The second kappa shape index (κ2) is 6.83. The van der Waals surface area contributed by atoms with E-state index in [1.165, 1.54) is 4.90 Å². The highest BCUT2D eigenvalue weighted by Gasteiger charge is 2.16. The standard InChI is InChI=1S/C17H14FNS/c1-14(12-13-15-8-4-2-5-9-15)19(17(18)20)16-10-6-3-7-11-16/h2-11,14H,1H3. The van der Waals surface area contributed by atoms with Crippen molar-refractivity contribution >= 4 is 23.1 Å². The molecule has 1 atom stereocenters. The van der Waals surface area contributed by atoms with Crippen LogP contribution in [0.5, 0.6) is 0 Å². The first-order valence-electron chi connectivity index (χ1n) is 6.29. The van der Waals surface area contributed by atoms with Crippen LogP contribution in [0.15, 0.2) is 60.7 Å². The summed E-state index contributed by atoms with van der Waals surface area (Å²) in [5.74, 6) is 6.06. The molecule has 0 amide bonds. The molecule has 20 heavy (non-hydrogen) atoms. The monoisotopic (exact) mass is 283 g/mol. The minimum atomic E-state index is -0.675. The van der Waals surface area contributed by atoms with E-state index in [4.69, 9.17) is 12.2 Å². The minimum absolute atomic E-state index is 0.338. The highest BCUT2D eigenvalue weighted by atomic mass is 32.1. The van der Waals surface area contributed by atoms with Gasteiger partial charge >= 0.3 is 0 Å². The Labute approximate surface area is 124 Å². The van der Waals surface area contributed by atoms with Crippen LogP contribution in [-0.2, 0) is 0 Å². The van der Waals surface area contributed by atoms with E-state index in [1.54, 1.807) is 0 Å². The SMILES string of the molecule is CC(C#Cc1ccccc1)N(C(F)=S)c1ccccc1. The van der Waals surface area contributed by atoms with E-state index in [1.807, 2.05) is 67.6 Å². The first kappa shape index (κ1) is 14.2. The average Bonchev–Trinajstić information content (AvgIpc) is 2.47. The van der Waals surface area contributed by atoms with Crippen molar-refractivity contribution in [2.75, 3.05) is 4.90 Å². The van der Waals surface area contributed by atoms with Crippen LogP contribution in [0.4, 0.5) is 10.1 Å². The fourth-order valence-electron chi connectivity index (χ4n) is 1.84. The van der Waals surface area contributed by atoms with E-state index in [0.717, 1.165) is 5.56 Å². The van der Waals surface area contributed by atoms with E-state index in [2.05, 4.69) is 11.8 Å². The van der Waals surface area contributed by atoms with Crippen molar-refractivity contribution in [2.45, 2.75) is 13.0 Å². The zero-order valence-electron chi connectivity index (χ0n) is 11.1. The summed E-state index contributed by atoms with van der Waals surface area (Å²) in [6.45, 7) is 1.83. The number of hydrogen-bond donors (Lipinski definition) is 0. The Morgan fingerprint density at radius 2 is 1.60 bits per heavy atom. The summed E-state index contributed by atoms with van der Waals surface area (Å²) in [4.78, 5) is 1.41. The molecule has 0 saturated carbocycles. The van der Waals surface area contributed by atoms with Gasteiger partial charge in [0.15, 0.2) is 0 Å². The normalized spacial score (nSPS) is 11.1. The molecule has 0 aliphatic carbocycles. The highest BCUT2D eigenvalue weighted by molar-refractivity contribution is 7.80. The molecule has 0 bridgehead atoms. The van der Waals surface area contributed by atoms with Crippen molar-refractivity contribution in [3.63, 3.8) is 0 Å². The van der Waals surface area contributed by atoms with Crippen molar-refractivity contribution in [2.24, 2.45) is 0 Å². The zero-order valence-corrected chi connectivity index (χ0v) is 11.9. The molecule has 1 unspecified atom stereocenters. The first-order valence-corrected chi connectivity index (χ1v) is 6.69. The molecule has 2 aromatic carbocycles. The third-order valence-corrected chi connectivity index (χ3v) is 3.01. The fourth-order valence-corrected chi connectivity index (χ4v) is 2.10. The van der Waals surface area contributed by atoms with Crippen LogP contribution in [0, 0.1) is 11.8 Å². The Morgan fingerprint density at radius 3 is 2.15 bits per heavy atom. The van der Waals surface area contributed by atoms with Crippen molar-refractivity contribution < 1.29 is 4.39 Å². The topological polar surface area (TPSA) is 3.24 Å². The molecule has 0 radical (unpaired) electrons. The predicted molar refractivity (Wildman–Crippen MR) is 85.4 cm³/mol. The van der Waals surface area contributed by atoms with Crippen molar-refractivity contribution in [1.82, 2.24) is 0 Å². The molecule has 100 valence electrons. The molecule has 2 rings (SSSR count). The largest absolute Gasteiger partial charge is 0.295 e. The van der Waals surface area contributed by atoms with Gasteiger partial charge in [-0.25, -0.2) is 0 Å². The van der Waals surface area contributed by atoms with Crippen LogP contribution >= 0.6 is 12.2 Å². The minimum Gasteiger partial charge on any atom is -0.295 e. The molecule has 0 aliphatic rings. The molecule has 1 nitrogen and oxygen atoms in total. The smallest absolute Gasteiger partial charge is 0.261 e. The number of para-hydroxylation sites is 1. The summed E-state index contributed by atoms with van der Waals surface area (Å²) >= 11 is 4.70. The molecule has 2 aromatic rings. The van der Waals surface area contributed by atoms with Gasteiger partial charge in [0.2, 0.25) is 0 Å². The lowest BCUT2D eigenvalue weighted by atomic mass is 10.2. The van der Waals surface area contributed by atoms with Crippen molar-refractivity contribution in [3.05, 3.63) is 66.2 Å². The lowest BCUT2D eigenvalue weighted by molar-refractivity contribution is 0.759. The van der Waals surface area contributed by atoms with Crippen LogP contribution in [-0.4, -0.2) is 11.3 Å². The van der Waals surface area contributed by atoms with Crippen LogP contribution in [0.25, 0.3) is 0 Å². The maximum atomic E-state index is 13.6. The van der Waals surface area contributed by atoms with Gasteiger partial charge < -0.3 is 0 Å². The van der Waals surface area contributed by atoms with Gasteiger partial charge in [0.1, 0.15) is 0 Å². The quantitative estimate of drug-likeness (QED) is 0.352. The molecule has 0 fully saturated rings. The molecule has 0 aromatic heterocycles. The Bertz CT molecular complexity index is 628. The maximum absolute atomic E-state index is 13.6. The number of benzene rings is 2. The molecule has 3 heteroatoms. The Balaban J connectivity index is 2.23. The van der Waals surface area contributed by atoms with E-state index in [0.29, 0.717) is 5.69 Å². The number of anilines is 1. The van der Waals surface area contributed by atoms with Gasteiger partial charge in [-0.1, -0.05) is 48.2 Å². The van der Waals surface area contributed by atoms with E-state index < -0.39 is 5.24 Å². The van der Waals surface area contributed by atoms with Crippen LogP contribution in [0.1, 0.15) is 12.5 Å². The number of rotatable bonds is 2. The lowest BCUT2D eigenvalue weighted by Gasteiger charge is -2.24. The summed E-state index contributed by atoms with van der Waals surface area (Å²) in [7, 11) is 0. The molecule has 0 heterocycles. The van der Waals surface area contributed by atoms with Crippen LogP contribution < -0.4 is 4.90 Å². The van der Waals surface area contributed by atoms with Gasteiger partial charge in [0, 0.05) is 11.3 Å². The summed E-state index contributed by atoms with van der Waals surface area (Å²) in [6, 6.07) is 18.5. The number of thiocarbonyl (C=S) groups is 1. The molecule has 0 spiro atoms. The second-order valence-electron chi connectivity index (χ2n) is 4.27. The first-order chi connectivity index (χ1) is 9.68. The average molecular weight is 283 g/mol. The molecular weight excluding hydrogens is 269 g/mol. The summed E-state index contributed by atoms with van der Waals surface area (Å²) < 4.78 is 13.6. The lowest BCUT2D eigenvalue weighted by Crippen LogP contribution is -2.34. The van der Waals surface area contributed by atoms with Gasteiger partial charge in [-0.15, -0.1) is 0 Å². The zero-order chi connectivity index (χ0) is 14.4. The van der Waals surface area contributed by atoms with E-state index >= 15 is 0 Å². The van der Waals surface area contributed by atoms with Crippen molar-refractivity contribution in [3.8, 4) is 11.8 Å².